The highest BCUT2D eigenvalue weighted by Gasteiger charge is 2.14. The van der Waals surface area contributed by atoms with Crippen molar-refractivity contribution in [2.75, 3.05) is 6.61 Å². The zero-order chi connectivity index (χ0) is 12.1. The van der Waals surface area contributed by atoms with E-state index < -0.39 is 0 Å². The van der Waals surface area contributed by atoms with Crippen LogP contribution in [0.25, 0.3) is 0 Å². The first kappa shape index (κ1) is 12.7. The number of ether oxygens (including phenoxy) is 1. The van der Waals surface area contributed by atoms with Crippen molar-refractivity contribution in [3.8, 4) is 0 Å². The molecule has 0 bridgehead atoms. The van der Waals surface area contributed by atoms with Crippen LogP contribution in [0, 0.1) is 13.8 Å². The SMILES string of the molecule is CCOC(=O)C[C@@H](N)c1cc(C)ccc1C. The van der Waals surface area contributed by atoms with Crippen LogP contribution < -0.4 is 5.73 Å². The summed E-state index contributed by atoms with van der Waals surface area (Å²) in [6.07, 6.45) is 0.234. The summed E-state index contributed by atoms with van der Waals surface area (Å²) >= 11 is 0. The average molecular weight is 221 g/mol. The fraction of sp³-hybridized carbons (Fsp3) is 0.462. The van der Waals surface area contributed by atoms with Gasteiger partial charge >= 0.3 is 5.97 Å². The normalized spacial score (nSPS) is 12.2. The molecule has 0 aliphatic carbocycles. The van der Waals surface area contributed by atoms with Gasteiger partial charge in [0.05, 0.1) is 13.0 Å². The van der Waals surface area contributed by atoms with Crippen molar-refractivity contribution >= 4 is 5.97 Å². The van der Waals surface area contributed by atoms with Crippen molar-refractivity contribution in [2.45, 2.75) is 33.2 Å². The average Bonchev–Trinajstić information content (AvgIpc) is 2.21. The molecule has 0 aliphatic rings. The van der Waals surface area contributed by atoms with E-state index in [1.54, 1.807) is 6.92 Å². The third kappa shape index (κ3) is 3.35. The Morgan fingerprint density at radius 3 is 2.75 bits per heavy atom. The van der Waals surface area contributed by atoms with Gasteiger partial charge in [-0.3, -0.25) is 4.79 Å². The molecule has 0 heterocycles. The molecule has 1 atom stereocenters. The van der Waals surface area contributed by atoms with Crippen molar-refractivity contribution in [1.29, 1.82) is 0 Å². The minimum Gasteiger partial charge on any atom is -0.466 e. The standard InChI is InChI=1S/C13H19NO2/c1-4-16-13(15)8-12(14)11-7-9(2)5-6-10(11)3/h5-7,12H,4,8,14H2,1-3H3/t12-/m1/s1. The van der Waals surface area contributed by atoms with Gasteiger partial charge in [0, 0.05) is 6.04 Å². The number of hydrogen-bond donors (Lipinski definition) is 1. The molecule has 88 valence electrons. The molecule has 0 radical (unpaired) electrons. The summed E-state index contributed by atoms with van der Waals surface area (Å²) in [6.45, 7) is 6.21. The quantitative estimate of drug-likeness (QED) is 0.793. The van der Waals surface area contributed by atoms with Gasteiger partial charge < -0.3 is 10.5 Å². The molecule has 0 saturated heterocycles. The number of rotatable bonds is 4. The molecule has 1 rings (SSSR count). The monoisotopic (exact) mass is 221 g/mol. The lowest BCUT2D eigenvalue weighted by Gasteiger charge is -2.14. The lowest BCUT2D eigenvalue weighted by atomic mass is 9.97. The minimum atomic E-state index is -0.279. The fourth-order valence-corrected chi connectivity index (χ4v) is 1.67. The van der Waals surface area contributed by atoms with Gasteiger partial charge in [0.25, 0.3) is 0 Å². The first-order valence-electron chi connectivity index (χ1n) is 5.53. The first-order valence-corrected chi connectivity index (χ1v) is 5.53. The van der Waals surface area contributed by atoms with E-state index in [9.17, 15) is 4.79 Å². The lowest BCUT2D eigenvalue weighted by molar-refractivity contribution is -0.143. The summed E-state index contributed by atoms with van der Waals surface area (Å²) < 4.78 is 4.89. The van der Waals surface area contributed by atoms with E-state index in [-0.39, 0.29) is 18.4 Å². The molecule has 2 N–H and O–H groups in total. The maximum absolute atomic E-state index is 11.3. The van der Waals surface area contributed by atoms with Crippen LogP contribution in [0.3, 0.4) is 0 Å². The van der Waals surface area contributed by atoms with E-state index in [0.717, 1.165) is 16.7 Å². The Bertz CT molecular complexity index is 374. The third-order valence-electron chi connectivity index (χ3n) is 2.53. The zero-order valence-corrected chi connectivity index (χ0v) is 10.1. The highest BCUT2D eigenvalue weighted by Crippen LogP contribution is 2.20. The van der Waals surface area contributed by atoms with Crippen LogP contribution in [0.4, 0.5) is 0 Å². The van der Waals surface area contributed by atoms with Crippen LogP contribution in [0.5, 0.6) is 0 Å². The highest BCUT2D eigenvalue weighted by molar-refractivity contribution is 5.70. The predicted molar refractivity (Wildman–Crippen MR) is 64.1 cm³/mol. The second-order valence-electron chi connectivity index (χ2n) is 3.98. The van der Waals surface area contributed by atoms with Crippen molar-refractivity contribution in [2.24, 2.45) is 5.73 Å². The predicted octanol–water partition coefficient (Wildman–Crippen LogP) is 2.26. The van der Waals surface area contributed by atoms with Crippen molar-refractivity contribution in [3.05, 3.63) is 34.9 Å². The Kier molecular flexibility index (Phi) is 4.50. The lowest BCUT2D eigenvalue weighted by Crippen LogP contribution is -2.18. The second-order valence-corrected chi connectivity index (χ2v) is 3.98. The van der Waals surface area contributed by atoms with E-state index in [4.69, 9.17) is 10.5 Å². The summed E-state index contributed by atoms with van der Waals surface area (Å²) in [7, 11) is 0. The fourth-order valence-electron chi connectivity index (χ4n) is 1.67. The van der Waals surface area contributed by atoms with E-state index in [2.05, 4.69) is 0 Å². The van der Waals surface area contributed by atoms with Gasteiger partial charge in [-0.1, -0.05) is 23.8 Å². The number of esters is 1. The molecule has 16 heavy (non-hydrogen) atoms. The van der Waals surface area contributed by atoms with Crippen molar-refractivity contribution in [3.63, 3.8) is 0 Å². The number of hydrogen-bond acceptors (Lipinski definition) is 3. The molecule has 3 heteroatoms. The minimum absolute atomic E-state index is 0.234. The topological polar surface area (TPSA) is 52.3 Å². The van der Waals surface area contributed by atoms with Gasteiger partial charge in [-0.05, 0) is 31.9 Å². The van der Waals surface area contributed by atoms with E-state index in [1.807, 2.05) is 32.0 Å². The van der Waals surface area contributed by atoms with Crippen molar-refractivity contribution in [1.82, 2.24) is 0 Å². The Labute approximate surface area is 96.6 Å². The molecule has 3 nitrogen and oxygen atoms in total. The molecule has 0 amide bonds. The molecule has 1 aromatic rings. The number of nitrogens with two attached hydrogens (primary N) is 1. The number of carbonyl (C=O) groups is 1. The number of carbonyl (C=O) groups excluding carboxylic acids is 1. The third-order valence-corrected chi connectivity index (χ3v) is 2.53. The van der Waals surface area contributed by atoms with Gasteiger partial charge in [-0.15, -0.1) is 0 Å². The van der Waals surface area contributed by atoms with Gasteiger partial charge in [0.15, 0.2) is 0 Å². The van der Waals surface area contributed by atoms with E-state index >= 15 is 0 Å². The largest absolute Gasteiger partial charge is 0.466 e. The van der Waals surface area contributed by atoms with E-state index in [1.165, 1.54) is 0 Å². The molecular formula is C13H19NO2. The Hall–Kier alpha value is -1.35. The molecular weight excluding hydrogens is 202 g/mol. The van der Waals surface area contributed by atoms with Crippen LogP contribution in [-0.4, -0.2) is 12.6 Å². The number of aryl methyl sites for hydroxylation is 2. The summed E-state index contributed by atoms with van der Waals surface area (Å²) in [4.78, 5) is 11.3. The van der Waals surface area contributed by atoms with Crippen LogP contribution in [0.15, 0.2) is 18.2 Å². The zero-order valence-electron chi connectivity index (χ0n) is 10.1. The smallest absolute Gasteiger partial charge is 0.307 e. The van der Waals surface area contributed by atoms with Gasteiger partial charge in [-0.2, -0.15) is 0 Å². The Morgan fingerprint density at radius 1 is 1.44 bits per heavy atom. The Balaban J connectivity index is 2.76. The number of benzene rings is 1. The molecule has 1 aromatic carbocycles. The van der Waals surface area contributed by atoms with Crippen LogP contribution >= 0.6 is 0 Å². The first-order chi connectivity index (χ1) is 7.54. The van der Waals surface area contributed by atoms with Gasteiger partial charge in [-0.25, -0.2) is 0 Å². The summed E-state index contributed by atoms with van der Waals surface area (Å²) in [5.74, 6) is -0.240. The second kappa shape index (κ2) is 5.66. The van der Waals surface area contributed by atoms with Crippen LogP contribution in [-0.2, 0) is 9.53 Å². The maximum Gasteiger partial charge on any atom is 0.307 e. The summed E-state index contributed by atoms with van der Waals surface area (Å²) in [5, 5.41) is 0. The highest BCUT2D eigenvalue weighted by atomic mass is 16.5. The van der Waals surface area contributed by atoms with Gasteiger partial charge in [0.1, 0.15) is 0 Å². The van der Waals surface area contributed by atoms with Crippen LogP contribution in [0.2, 0.25) is 0 Å². The van der Waals surface area contributed by atoms with Crippen molar-refractivity contribution < 1.29 is 9.53 Å². The Morgan fingerprint density at radius 2 is 2.12 bits per heavy atom. The summed E-state index contributed by atoms with van der Waals surface area (Å²) in [6, 6.07) is 5.81. The molecule has 0 aromatic heterocycles. The van der Waals surface area contributed by atoms with E-state index in [0.29, 0.717) is 6.61 Å². The maximum atomic E-state index is 11.3. The van der Waals surface area contributed by atoms with Gasteiger partial charge in [0.2, 0.25) is 0 Å². The molecule has 0 unspecified atom stereocenters. The molecule has 0 saturated carbocycles. The van der Waals surface area contributed by atoms with Crippen LogP contribution in [0.1, 0.15) is 36.1 Å². The summed E-state index contributed by atoms with van der Waals surface area (Å²) in [5.41, 5.74) is 9.28. The molecule has 0 spiro atoms. The molecule has 0 fully saturated rings. The molecule has 0 aliphatic heterocycles.